The Kier molecular flexibility index (Phi) is 10.1. The van der Waals surface area contributed by atoms with Gasteiger partial charge in [-0.05, 0) is 40.2 Å². The lowest BCUT2D eigenvalue weighted by molar-refractivity contribution is 0.180. The van der Waals surface area contributed by atoms with Crippen LogP contribution in [0, 0.1) is 13.8 Å². The standard InChI is InChI=1S/C17H33N5O2/c1-14-16(15(2)24-21-14)8-6-9-19-17(18-3)20-10-12-22(4)11-7-13-23-5/h6-13H2,1-5H3,(H2,18,19,20). The van der Waals surface area contributed by atoms with Crippen molar-refractivity contribution in [1.82, 2.24) is 20.7 Å². The molecule has 1 rings (SSSR count). The van der Waals surface area contributed by atoms with Crippen molar-refractivity contribution in [1.29, 1.82) is 0 Å². The molecule has 0 atom stereocenters. The highest BCUT2D eigenvalue weighted by atomic mass is 16.5. The fourth-order valence-corrected chi connectivity index (χ4v) is 2.51. The van der Waals surface area contributed by atoms with Crippen LogP contribution in [0.15, 0.2) is 9.52 Å². The molecule has 0 aliphatic heterocycles. The summed E-state index contributed by atoms with van der Waals surface area (Å²) in [7, 11) is 5.66. The number of aliphatic imine (C=N–C) groups is 1. The summed E-state index contributed by atoms with van der Waals surface area (Å²) in [6.45, 7) is 8.52. The zero-order valence-electron chi connectivity index (χ0n) is 15.8. The zero-order chi connectivity index (χ0) is 17.8. The van der Waals surface area contributed by atoms with E-state index >= 15 is 0 Å². The maximum absolute atomic E-state index is 5.19. The Morgan fingerprint density at radius 2 is 1.96 bits per heavy atom. The highest BCUT2D eigenvalue weighted by molar-refractivity contribution is 5.79. The van der Waals surface area contributed by atoms with Crippen molar-refractivity contribution < 1.29 is 9.26 Å². The van der Waals surface area contributed by atoms with E-state index in [1.54, 1.807) is 14.2 Å². The molecule has 0 radical (unpaired) electrons. The van der Waals surface area contributed by atoms with Gasteiger partial charge in [0.2, 0.25) is 0 Å². The molecule has 0 unspecified atom stereocenters. The third-order valence-electron chi connectivity index (χ3n) is 3.98. The van der Waals surface area contributed by atoms with Crippen LogP contribution >= 0.6 is 0 Å². The third kappa shape index (κ3) is 7.79. The average molecular weight is 339 g/mol. The summed E-state index contributed by atoms with van der Waals surface area (Å²) < 4.78 is 10.3. The fourth-order valence-electron chi connectivity index (χ4n) is 2.51. The second kappa shape index (κ2) is 11.9. The van der Waals surface area contributed by atoms with Gasteiger partial charge in [-0.1, -0.05) is 5.16 Å². The van der Waals surface area contributed by atoms with Crippen molar-refractivity contribution in [2.24, 2.45) is 4.99 Å². The molecule has 2 N–H and O–H groups in total. The molecule has 1 aromatic rings. The second-order valence-electron chi connectivity index (χ2n) is 5.98. The van der Waals surface area contributed by atoms with E-state index in [0.717, 1.165) is 69.5 Å². The van der Waals surface area contributed by atoms with Gasteiger partial charge in [-0.2, -0.15) is 0 Å². The Morgan fingerprint density at radius 1 is 1.21 bits per heavy atom. The number of guanidine groups is 1. The lowest BCUT2D eigenvalue weighted by Crippen LogP contribution is -2.41. The third-order valence-corrected chi connectivity index (χ3v) is 3.98. The van der Waals surface area contributed by atoms with Crippen LogP contribution in [0.25, 0.3) is 0 Å². The number of aryl methyl sites for hydroxylation is 2. The number of rotatable bonds is 11. The summed E-state index contributed by atoms with van der Waals surface area (Å²) in [5, 5.41) is 10.7. The molecule has 0 fully saturated rings. The number of nitrogens with zero attached hydrogens (tertiary/aromatic N) is 3. The number of hydrogen-bond acceptors (Lipinski definition) is 5. The first-order chi connectivity index (χ1) is 11.6. The van der Waals surface area contributed by atoms with Crippen LogP contribution in [0.1, 0.15) is 29.9 Å². The van der Waals surface area contributed by atoms with E-state index in [2.05, 4.69) is 32.7 Å². The largest absolute Gasteiger partial charge is 0.385 e. The van der Waals surface area contributed by atoms with Crippen LogP contribution in [0.4, 0.5) is 0 Å². The van der Waals surface area contributed by atoms with E-state index in [1.165, 1.54) is 5.56 Å². The van der Waals surface area contributed by atoms with Crippen LogP contribution in [0.5, 0.6) is 0 Å². The van der Waals surface area contributed by atoms with Crippen LogP contribution in [0.3, 0.4) is 0 Å². The molecular formula is C17H33N5O2. The minimum absolute atomic E-state index is 0.812. The van der Waals surface area contributed by atoms with Crippen molar-refractivity contribution in [2.75, 3.05) is 54.0 Å². The molecule has 7 heteroatoms. The predicted molar refractivity (Wildman–Crippen MR) is 97.7 cm³/mol. The van der Waals surface area contributed by atoms with Gasteiger partial charge in [0.25, 0.3) is 0 Å². The number of methoxy groups -OCH3 is 1. The molecule has 0 saturated heterocycles. The number of likely N-dealkylation sites (N-methyl/N-ethyl adjacent to an activating group) is 1. The molecule has 0 aromatic carbocycles. The predicted octanol–water partition coefficient (Wildman–Crippen LogP) is 1.36. The van der Waals surface area contributed by atoms with E-state index in [1.807, 2.05) is 13.8 Å². The smallest absolute Gasteiger partial charge is 0.191 e. The van der Waals surface area contributed by atoms with Gasteiger partial charge in [-0.3, -0.25) is 4.99 Å². The van der Waals surface area contributed by atoms with Crippen LogP contribution in [-0.2, 0) is 11.2 Å². The zero-order valence-corrected chi connectivity index (χ0v) is 15.8. The summed E-state index contributed by atoms with van der Waals surface area (Å²) in [4.78, 5) is 6.54. The normalized spacial score (nSPS) is 12.0. The molecule has 0 aliphatic carbocycles. The number of nitrogens with one attached hydrogen (secondary N) is 2. The Labute approximate surface area is 145 Å². The quantitative estimate of drug-likeness (QED) is 0.360. The molecule has 138 valence electrons. The minimum atomic E-state index is 0.812. The maximum Gasteiger partial charge on any atom is 0.191 e. The number of aromatic nitrogens is 1. The second-order valence-corrected chi connectivity index (χ2v) is 5.98. The molecule has 0 aliphatic rings. The lowest BCUT2D eigenvalue weighted by atomic mass is 10.1. The summed E-state index contributed by atoms with van der Waals surface area (Å²) in [5.74, 6) is 1.77. The molecular weight excluding hydrogens is 306 g/mol. The molecule has 0 spiro atoms. The Bertz CT molecular complexity index is 468. The van der Waals surface area contributed by atoms with E-state index in [0.29, 0.717) is 0 Å². The lowest BCUT2D eigenvalue weighted by Gasteiger charge is -2.18. The van der Waals surface area contributed by atoms with Crippen molar-refractivity contribution in [2.45, 2.75) is 33.1 Å². The van der Waals surface area contributed by atoms with E-state index < -0.39 is 0 Å². The Hall–Kier alpha value is -1.60. The van der Waals surface area contributed by atoms with Gasteiger partial charge < -0.3 is 24.8 Å². The Balaban J connectivity index is 2.14. The molecule has 0 bridgehead atoms. The van der Waals surface area contributed by atoms with Crippen molar-refractivity contribution in [3.63, 3.8) is 0 Å². The van der Waals surface area contributed by atoms with Gasteiger partial charge in [0.05, 0.1) is 5.69 Å². The summed E-state index contributed by atoms with van der Waals surface area (Å²) in [6.07, 6.45) is 3.04. The van der Waals surface area contributed by atoms with Crippen molar-refractivity contribution in [3.8, 4) is 0 Å². The first-order valence-electron chi connectivity index (χ1n) is 8.62. The van der Waals surface area contributed by atoms with Crippen LogP contribution < -0.4 is 10.6 Å². The highest BCUT2D eigenvalue weighted by Crippen LogP contribution is 2.13. The topological polar surface area (TPSA) is 74.9 Å². The SMILES string of the molecule is CN=C(NCCCc1c(C)noc1C)NCCN(C)CCCOC. The van der Waals surface area contributed by atoms with Gasteiger partial charge in [0.15, 0.2) is 5.96 Å². The summed E-state index contributed by atoms with van der Waals surface area (Å²) >= 11 is 0. The van der Waals surface area contributed by atoms with E-state index in [4.69, 9.17) is 9.26 Å². The summed E-state index contributed by atoms with van der Waals surface area (Å²) in [5.41, 5.74) is 2.21. The molecule has 7 nitrogen and oxygen atoms in total. The van der Waals surface area contributed by atoms with Crippen molar-refractivity contribution in [3.05, 3.63) is 17.0 Å². The first-order valence-corrected chi connectivity index (χ1v) is 8.62. The molecule has 0 amide bonds. The average Bonchev–Trinajstić information content (AvgIpc) is 2.88. The fraction of sp³-hybridized carbons (Fsp3) is 0.765. The summed E-state index contributed by atoms with van der Waals surface area (Å²) in [6, 6.07) is 0. The molecule has 0 saturated carbocycles. The van der Waals surface area contributed by atoms with Crippen LogP contribution in [0.2, 0.25) is 0 Å². The Morgan fingerprint density at radius 3 is 2.58 bits per heavy atom. The molecule has 1 aromatic heterocycles. The van der Waals surface area contributed by atoms with Gasteiger partial charge in [-0.15, -0.1) is 0 Å². The molecule has 1 heterocycles. The van der Waals surface area contributed by atoms with Gasteiger partial charge in [0, 0.05) is 52.5 Å². The van der Waals surface area contributed by atoms with Gasteiger partial charge in [-0.25, -0.2) is 0 Å². The minimum Gasteiger partial charge on any atom is -0.385 e. The number of hydrogen-bond donors (Lipinski definition) is 2. The van der Waals surface area contributed by atoms with Crippen LogP contribution in [-0.4, -0.2) is 70.0 Å². The van der Waals surface area contributed by atoms with E-state index in [9.17, 15) is 0 Å². The number of ether oxygens (including phenoxy) is 1. The maximum atomic E-state index is 5.19. The van der Waals surface area contributed by atoms with E-state index in [-0.39, 0.29) is 0 Å². The van der Waals surface area contributed by atoms with Crippen molar-refractivity contribution >= 4 is 5.96 Å². The first kappa shape index (κ1) is 20.4. The molecule has 24 heavy (non-hydrogen) atoms. The van der Waals surface area contributed by atoms with Gasteiger partial charge >= 0.3 is 0 Å². The highest BCUT2D eigenvalue weighted by Gasteiger charge is 2.08. The monoisotopic (exact) mass is 339 g/mol. The van der Waals surface area contributed by atoms with Gasteiger partial charge in [0.1, 0.15) is 5.76 Å².